The number of anilines is 1. The number of ether oxygens (including phenoxy) is 1. The van der Waals surface area contributed by atoms with Gasteiger partial charge in [0.1, 0.15) is 18.3 Å². The summed E-state index contributed by atoms with van der Waals surface area (Å²) in [6, 6.07) is 15.6. The van der Waals surface area contributed by atoms with Gasteiger partial charge in [-0.05, 0) is 37.5 Å². The van der Waals surface area contributed by atoms with Crippen LogP contribution in [-0.4, -0.2) is 41.9 Å². The van der Waals surface area contributed by atoms with Crippen LogP contribution >= 0.6 is 0 Å². The molecule has 0 bridgehead atoms. The van der Waals surface area contributed by atoms with Gasteiger partial charge in [-0.15, -0.1) is 0 Å². The molecule has 1 heterocycles. The molecule has 0 aliphatic carbocycles. The van der Waals surface area contributed by atoms with Crippen LogP contribution in [0.15, 0.2) is 54.6 Å². The molecule has 1 atom stereocenters. The number of para-hydroxylation sites is 2. The monoisotopic (exact) mass is 381 g/mol. The van der Waals surface area contributed by atoms with E-state index in [1.54, 1.807) is 24.3 Å². The molecule has 2 aromatic rings. The Balaban J connectivity index is 1.57. The van der Waals surface area contributed by atoms with E-state index in [-0.39, 0.29) is 12.5 Å². The number of benzene rings is 2. The van der Waals surface area contributed by atoms with Crippen molar-refractivity contribution in [2.75, 3.05) is 18.5 Å². The lowest BCUT2D eigenvalue weighted by atomic mass is 10.1. The second-order valence-corrected chi connectivity index (χ2v) is 6.43. The Bertz CT molecular complexity index is 854. The Morgan fingerprint density at radius 1 is 1.11 bits per heavy atom. The number of carbonyl (C=O) groups excluding carboxylic acids is 3. The van der Waals surface area contributed by atoms with Gasteiger partial charge in [-0.3, -0.25) is 14.5 Å². The van der Waals surface area contributed by atoms with Crippen molar-refractivity contribution >= 4 is 23.5 Å². The number of urea groups is 1. The molecule has 146 valence electrons. The van der Waals surface area contributed by atoms with Crippen LogP contribution in [0, 0.1) is 0 Å². The highest BCUT2D eigenvalue weighted by molar-refractivity contribution is 6.08. The molecule has 1 aliphatic heterocycles. The fraction of sp³-hybridized carbons (Fsp3) is 0.286. The second kappa shape index (κ2) is 9.03. The van der Waals surface area contributed by atoms with Gasteiger partial charge in [-0.25, -0.2) is 4.79 Å². The van der Waals surface area contributed by atoms with E-state index in [9.17, 15) is 14.4 Å². The molecule has 7 nitrogen and oxygen atoms in total. The molecule has 1 fully saturated rings. The van der Waals surface area contributed by atoms with Gasteiger partial charge in [0.15, 0.2) is 0 Å². The second-order valence-electron chi connectivity index (χ2n) is 6.43. The van der Waals surface area contributed by atoms with E-state index in [4.69, 9.17) is 4.74 Å². The number of hydrogen-bond acceptors (Lipinski definition) is 4. The number of amides is 4. The lowest BCUT2D eigenvalue weighted by Crippen LogP contribution is -2.38. The van der Waals surface area contributed by atoms with Gasteiger partial charge >= 0.3 is 6.03 Å². The van der Waals surface area contributed by atoms with Crippen molar-refractivity contribution in [2.45, 2.75) is 25.8 Å². The van der Waals surface area contributed by atoms with E-state index in [1.165, 1.54) is 0 Å². The Hall–Kier alpha value is -3.35. The summed E-state index contributed by atoms with van der Waals surface area (Å²) < 4.78 is 5.47. The third-order valence-electron chi connectivity index (χ3n) is 4.43. The van der Waals surface area contributed by atoms with Crippen LogP contribution in [0.1, 0.15) is 18.9 Å². The molecule has 1 saturated heterocycles. The lowest BCUT2D eigenvalue weighted by molar-refractivity contribution is -0.130. The van der Waals surface area contributed by atoms with E-state index in [1.807, 2.05) is 37.3 Å². The van der Waals surface area contributed by atoms with Crippen LogP contribution in [0.3, 0.4) is 0 Å². The number of imide groups is 1. The van der Waals surface area contributed by atoms with Crippen molar-refractivity contribution in [3.8, 4) is 5.75 Å². The zero-order valence-corrected chi connectivity index (χ0v) is 15.7. The molecule has 3 rings (SSSR count). The first-order chi connectivity index (χ1) is 13.6. The van der Waals surface area contributed by atoms with Gasteiger partial charge in [0.2, 0.25) is 5.91 Å². The van der Waals surface area contributed by atoms with E-state index in [0.717, 1.165) is 10.5 Å². The molecule has 4 amide bonds. The molecule has 0 aromatic heterocycles. The summed E-state index contributed by atoms with van der Waals surface area (Å²) in [6.07, 6.45) is 1.15. The van der Waals surface area contributed by atoms with Crippen LogP contribution in [0.2, 0.25) is 0 Å². The van der Waals surface area contributed by atoms with Crippen molar-refractivity contribution in [2.24, 2.45) is 0 Å². The van der Waals surface area contributed by atoms with E-state index < -0.39 is 18.0 Å². The van der Waals surface area contributed by atoms with Crippen molar-refractivity contribution < 1.29 is 19.1 Å². The minimum absolute atomic E-state index is 0.340. The fourth-order valence-electron chi connectivity index (χ4n) is 3.06. The molecular weight excluding hydrogens is 358 g/mol. The zero-order chi connectivity index (χ0) is 19.9. The fourth-order valence-corrected chi connectivity index (χ4v) is 3.06. The number of aryl methyl sites for hydroxylation is 1. The van der Waals surface area contributed by atoms with Crippen LogP contribution in [0.4, 0.5) is 10.5 Å². The molecular formula is C21H23N3O4. The van der Waals surface area contributed by atoms with Gasteiger partial charge in [0.05, 0.1) is 12.3 Å². The van der Waals surface area contributed by atoms with Crippen molar-refractivity contribution in [3.63, 3.8) is 0 Å². The predicted molar refractivity (Wildman–Crippen MR) is 105 cm³/mol. The number of carbonyl (C=O) groups is 3. The third-order valence-corrected chi connectivity index (χ3v) is 4.43. The van der Waals surface area contributed by atoms with Crippen LogP contribution in [-0.2, 0) is 16.0 Å². The van der Waals surface area contributed by atoms with Crippen molar-refractivity contribution in [1.82, 2.24) is 10.2 Å². The quantitative estimate of drug-likeness (QED) is 0.688. The van der Waals surface area contributed by atoms with Gasteiger partial charge in [0.25, 0.3) is 5.91 Å². The lowest BCUT2D eigenvalue weighted by Gasteiger charge is -2.15. The maximum absolute atomic E-state index is 12.5. The molecule has 0 radical (unpaired) electrons. The van der Waals surface area contributed by atoms with E-state index >= 15 is 0 Å². The summed E-state index contributed by atoms with van der Waals surface area (Å²) >= 11 is 0. The molecule has 28 heavy (non-hydrogen) atoms. The number of nitrogens with zero attached hydrogens (tertiary/aromatic N) is 1. The summed E-state index contributed by atoms with van der Waals surface area (Å²) in [4.78, 5) is 38.0. The predicted octanol–water partition coefficient (Wildman–Crippen LogP) is 2.58. The normalized spacial score (nSPS) is 16.0. The van der Waals surface area contributed by atoms with Crippen LogP contribution in [0.25, 0.3) is 0 Å². The van der Waals surface area contributed by atoms with E-state index in [0.29, 0.717) is 30.9 Å². The largest absolute Gasteiger partial charge is 0.492 e. The number of hydrogen-bond donors (Lipinski definition) is 2. The molecule has 1 unspecified atom stereocenters. The standard InChI is InChI=1S/C21H23N3O4/c1-2-28-18-11-7-6-10-16(18)22-19(25)14-24-20(26)17(23-21(24)27)13-12-15-8-4-3-5-9-15/h3-11,17H,2,12-14H2,1H3,(H,22,25)(H,23,27). The molecule has 1 aliphatic rings. The van der Waals surface area contributed by atoms with Gasteiger partial charge in [0, 0.05) is 0 Å². The zero-order valence-electron chi connectivity index (χ0n) is 15.7. The third kappa shape index (κ3) is 4.68. The maximum Gasteiger partial charge on any atom is 0.325 e. The van der Waals surface area contributed by atoms with Crippen molar-refractivity contribution in [3.05, 3.63) is 60.2 Å². The Morgan fingerprint density at radius 3 is 2.57 bits per heavy atom. The SMILES string of the molecule is CCOc1ccccc1NC(=O)CN1C(=O)NC(CCc2ccccc2)C1=O. The highest BCUT2D eigenvalue weighted by Crippen LogP contribution is 2.23. The highest BCUT2D eigenvalue weighted by atomic mass is 16.5. The molecule has 0 saturated carbocycles. The molecule has 0 spiro atoms. The summed E-state index contributed by atoms with van der Waals surface area (Å²) in [7, 11) is 0. The van der Waals surface area contributed by atoms with Crippen LogP contribution in [0.5, 0.6) is 5.75 Å². The first-order valence-corrected chi connectivity index (χ1v) is 9.26. The van der Waals surface area contributed by atoms with Gasteiger partial charge < -0.3 is 15.4 Å². The smallest absolute Gasteiger partial charge is 0.325 e. The summed E-state index contributed by atoms with van der Waals surface area (Å²) in [5, 5.41) is 5.36. The maximum atomic E-state index is 12.5. The van der Waals surface area contributed by atoms with Gasteiger partial charge in [-0.2, -0.15) is 0 Å². The van der Waals surface area contributed by atoms with Gasteiger partial charge in [-0.1, -0.05) is 42.5 Å². The highest BCUT2D eigenvalue weighted by Gasteiger charge is 2.38. The average Bonchev–Trinajstić information content (AvgIpc) is 2.96. The summed E-state index contributed by atoms with van der Waals surface area (Å²) in [5.41, 5.74) is 1.59. The Labute approximate surface area is 163 Å². The molecule has 7 heteroatoms. The topological polar surface area (TPSA) is 87.7 Å². The Kier molecular flexibility index (Phi) is 6.26. The molecule has 2 aromatic carbocycles. The van der Waals surface area contributed by atoms with E-state index in [2.05, 4.69) is 10.6 Å². The van der Waals surface area contributed by atoms with Crippen LogP contribution < -0.4 is 15.4 Å². The minimum atomic E-state index is -0.615. The summed E-state index contributed by atoms with van der Waals surface area (Å²) in [5.74, 6) is -0.301. The summed E-state index contributed by atoms with van der Waals surface area (Å²) in [6.45, 7) is 1.97. The first kappa shape index (κ1) is 19.4. The Morgan fingerprint density at radius 2 is 1.82 bits per heavy atom. The minimum Gasteiger partial charge on any atom is -0.492 e. The first-order valence-electron chi connectivity index (χ1n) is 9.26. The number of rotatable bonds is 8. The molecule has 2 N–H and O–H groups in total. The van der Waals surface area contributed by atoms with Crippen molar-refractivity contribution in [1.29, 1.82) is 0 Å². The average molecular weight is 381 g/mol. The number of nitrogens with one attached hydrogen (secondary N) is 2.